The number of thiophene rings is 1. The van der Waals surface area contributed by atoms with Gasteiger partial charge in [0.15, 0.2) is 0 Å². The molecule has 0 aliphatic carbocycles. The number of nitrogens with zero attached hydrogens (tertiary/aromatic N) is 2. The molecule has 2 heterocycles. The molecule has 112 valence electrons. The van der Waals surface area contributed by atoms with Gasteiger partial charge in [0.05, 0.1) is 16.0 Å². The van der Waals surface area contributed by atoms with Crippen LogP contribution < -0.4 is 5.32 Å². The molecule has 0 fully saturated rings. The standard InChI is InChI=1S/C15H12FN3OS2/c16-11-3-1-10(2-4-11)7-17-13(20)8-22-15-14-12(5-6-21-14)18-9-19-15/h1-6,9H,7-8H2,(H,17,20). The van der Waals surface area contributed by atoms with Crippen LogP contribution in [0.1, 0.15) is 5.56 Å². The predicted octanol–water partition coefficient (Wildman–Crippen LogP) is 3.24. The minimum atomic E-state index is -0.283. The number of benzene rings is 1. The van der Waals surface area contributed by atoms with Crippen LogP contribution in [0.25, 0.3) is 10.2 Å². The number of carbonyl (C=O) groups is 1. The highest BCUT2D eigenvalue weighted by atomic mass is 32.2. The van der Waals surface area contributed by atoms with Crippen LogP contribution in [-0.4, -0.2) is 21.6 Å². The lowest BCUT2D eigenvalue weighted by Crippen LogP contribution is -2.24. The normalized spacial score (nSPS) is 10.8. The fraction of sp³-hybridized carbons (Fsp3) is 0.133. The van der Waals surface area contributed by atoms with Gasteiger partial charge in [-0.1, -0.05) is 23.9 Å². The highest BCUT2D eigenvalue weighted by molar-refractivity contribution is 8.00. The Morgan fingerprint density at radius 2 is 2.05 bits per heavy atom. The third kappa shape index (κ3) is 3.61. The maximum Gasteiger partial charge on any atom is 0.230 e. The number of halogens is 1. The number of amides is 1. The molecule has 2 aromatic heterocycles. The lowest BCUT2D eigenvalue weighted by Gasteiger charge is -2.05. The van der Waals surface area contributed by atoms with E-state index in [9.17, 15) is 9.18 Å². The molecule has 22 heavy (non-hydrogen) atoms. The van der Waals surface area contributed by atoms with Gasteiger partial charge in [0.1, 0.15) is 17.2 Å². The molecule has 3 rings (SSSR count). The molecule has 0 spiro atoms. The molecule has 1 N–H and O–H groups in total. The molecular weight excluding hydrogens is 321 g/mol. The molecule has 0 saturated carbocycles. The first kappa shape index (κ1) is 14.9. The summed E-state index contributed by atoms with van der Waals surface area (Å²) in [7, 11) is 0. The van der Waals surface area contributed by atoms with Crippen molar-refractivity contribution in [2.24, 2.45) is 0 Å². The Morgan fingerprint density at radius 3 is 2.86 bits per heavy atom. The average Bonchev–Trinajstić information content (AvgIpc) is 3.01. The molecule has 0 aliphatic rings. The van der Waals surface area contributed by atoms with Gasteiger partial charge in [0.2, 0.25) is 5.91 Å². The van der Waals surface area contributed by atoms with E-state index in [1.54, 1.807) is 23.5 Å². The highest BCUT2D eigenvalue weighted by Crippen LogP contribution is 2.28. The second-order valence-electron chi connectivity index (χ2n) is 4.51. The van der Waals surface area contributed by atoms with Crippen LogP contribution in [0.3, 0.4) is 0 Å². The van der Waals surface area contributed by atoms with Crippen molar-refractivity contribution < 1.29 is 9.18 Å². The molecule has 0 bridgehead atoms. The van der Waals surface area contributed by atoms with Crippen LogP contribution in [0.4, 0.5) is 4.39 Å². The Balaban J connectivity index is 1.54. The van der Waals surface area contributed by atoms with Crippen LogP contribution in [-0.2, 0) is 11.3 Å². The molecule has 1 aromatic carbocycles. The Kier molecular flexibility index (Phi) is 4.65. The molecule has 0 atom stereocenters. The van der Waals surface area contributed by atoms with E-state index >= 15 is 0 Å². The van der Waals surface area contributed by atoms with Crippen molar-refractivity contribution >= 4 is 39.2 Å². The SMILES string of the molecule is O=C(CSc1ncnc2ccsc12)NCc1ccc(F)cc1. The van der Waals surface area contributed by atoms with Gasteiger partial charge in [0.25, 0.3) is 0 Å². The van der Waals surface area contributed by atoms with Crippen molar-refractivity contribution in [2.75, 3.05) is 5.75 Å². The number of nitrogens with one attached hydrogen (secondary N) is 1. The molecule has 0 saturated heterocycles. The third-order valence-corrected chi connectivity index (χ3v) is 4.98. The molecule has 0 unspecified atom stereocenters. The Morgan fingerprint density at radius 1 is 1.23 bits per heavy atom. The minimum Gasteiger partial charge on any atom is -0.351 e. The summed E-state index contributed by atoms with van der Waals surface area (Å²) in [6.07, 6.45) is 1.51. The second kappa shape index (κ2) is 6.85. The number of carbonyl (C=O) groups excluding carboxylic acids is 1. The largest absolute Gasteiger partial charge is 0.351 e. The summed E-state index contributed by atoms with van der Waals surface area (Å²) in [4.78, 5) is 20.3. The Hall–Kier alpha value is -1.99. The molecular formula is C15H12FN3OS2. The van der Waals surface area contributed by atoms with Gasteiger partial charge in [0, 0.05) is 6.54 Å². The van der Waals surface area contributed by atoms with E-state index in [1.165, 1.54) is 30.2 Å². The zero-order valence-electron chi connectivity index (χ0n) is 11.5. The van der Waals surface area contributed by atoms with Crippen molar-refractivity contribution in [3.63, 3.8) is 0 Å². The first-order chi connectivity index (χ1) is 10.7. The summed E-state index contributed by atoms with van der Waals surface area (Å²) in [5, 5.41) is 5.58. The highest BCUT2D eigenvalue weighted by Gasteiger charge is 2.08. The van der Waals surface area contributed by atoms with Crippen LogP contribution in [0.2, 0.25) is 0 Å². The van der Waals surface area contributed by atoms with E-state index in [2.05, 4.69) is 15.3 Å². The second-order valence-corrected chi connectivity index (χ2v) is 6.39. The van der Waals surface area contributed by atoms with Crippen molar-refractivity contribution in [3.05, 3.63) is 53.4 Å². The van der Waals surface area contributed by atoms with Gasteiger partial charge < -0.3 is 5.32 Å². The van der Waals surface area contributed by atoms with Gasteiger partial charge in [-0.05, 0) is 29.1 Å². The summed E-state index contributed by atoms with van der Waals surface area (Å²) in [6.45, 7) is 0.387. The predicted molar refractivity (Wildman–Crippen MR) is 86.4 cm³/mol. The van der Waals surface area contributed by atoms with E-state index < -0.39 is 0 Å². The van der Waals surface area contributed by atoms with Crippen molar-refractivity contribution in [2.45, 2.75) is 11.6 Å². The molecule has 0 aliphatic heterocycles. The van der Waals surface area contributed by atoms with Gasteiger partial charge >= 0.3 is 0 Å². The lowest BCUT2D eigenvalue weighted by molar-refractivity contribution is -0.118. The average molecular weight is 333 g/mol. The quantitative estimate of drug-likeness (QED) is 0.575. The van der Waals surface area contributed by atoms with Gasteiger partial charge in [-0.2, -0.15) is 0 Å². The van der Waals surface area contributed by atoms with Gasteiger partial charge in [-0.25, -0.2) is 14.4 Å². The third-order valence-electron chi connectivity index (χ3n) is 2.95. The Labute approximate surface area is 134 Å². The molecule has 3 aromatic rings. The van der Waals surface area contributed by atoms with Crippen LogP contribution in [0.5, 0.6) is 0 Å². The zero-order valence-corrected chi connectivity index (χ0v) is 13.1. The van der Waals surface area contributed by atoms with Crippen LogP contribution in [0.15, 0.2) is 47.1 Å². The van der Waals surface area contributed by atoms with E-state index in [4.69, 9.17) is 0 Å². The fourth-order valence-electron chi connectivity index (χ4n) is 1.86. The summed E-state index contributed by atoms with van der Waals surface area (Å²) >= 11 is 2.95. The van der Waals surface area contributed by atoms with Gasteiger partial charge in [-0.15, -0.1) is 11.3 Å². The minimum absolute atomic E-state index is 0.0855. The van der Waals surface area contributed by atoms with E-state index in [0.29, 0.717) is 6.54 Å². The van der Waals surface area contributed by atoms with Gasteiger partial charge in [-0.3, -0.25) is 4.79 Å². The van der Waals surface area contributed by atoms with E-state index in [-0.39, 0.29) is 17.5 Å². The number of aromatic nitrogens is 2. The number of fused-ring (bicyclic) bond motifs is 1. The number of hydrogen-bond donors (Lipinski definition) is 1. The Bertz CT molecular complexity index is 789. The number of rotatable bonds is 5. The first-order valence-electron chi connectivity index (χ1n) is 6.54. The molecule has 4 nitrogen and oxygen atoms in total. The zero-order chi connectivity index (χ0) is 15.4. The van der Waals surface area contributed by atoms with Crippen molar-refractivity contribution in [1.29, 1.82) is 0 Å². The molecule has 7 heteroatoms. The fourth-order valence-corrected chi connectivity index (χ4v) is 3.63. The first-order valence-corrected chi connectivity index (χ1v) is 8.41. The summed E-state index contributed by atoms with van der Waals surface area (Å²) in [5.74, 6) is -0.0856. The summed E-state index contributed by atoms with van der Waals surface area (Å²) in [5.41, 5.74) is 1.76. The lowest BCUT2D eigenvalue weighted by atomic mass is 10.2. The van der Waals surface area contributed by atoms with Crippen molar-refractivity contribution in [1.82, 2.24) is 15.3 Å². The number of hydrogen-bond acceptors (Lipinski definition) is 5. The maximum absolute atomic E-state index is 12.8. The van der Waals surface area contributed by atoms with E-state index in [0.717, 1.165) is 20.8 Å². The van der Waals surface area contributed by atoms with Crippen LogP contribution in [0, 0.1) is 5.82 Å². The molecule has 1 amide bonds. The topological polar surface area (TPSA) is 54.9 Å². The smallest absolute Gasteiger partial charge is 0.230 e. The maximum atomic E-state index is 12.8. The number of thioether (sulfide) groups is 1. The summed E-state index contributed by atoms with van der Waals surface area (Å²) < 4.78 is 13.8. The van der Waals surface area contributed by atoms with Crippen molar-refractivity contribution in [3.8, 4) is 0 Å². The van der Waals surface area contributed by atoms with E-state index in [1.807, 2.05) is 11.4 Å². The summed E-state index contributed by atoms with van der Waals surface area (Å²) in [6, 6.07) is 8.00. The van der Waals surface area contributed by atoms with Crippen LogP contribution >= 0.6 is 23.1 Å². The monoisotopic (exact) mass is 333 g/mol. The molecule has 0 radical (unpaired) electrons.